The quantitative estimate of drug-likeness (QED) is 0.395. The second-order valence-corrected chi connectivity index (χ2v) is 8.64. The number of phenols is 2. The summed E-state index contributed by atoms with van der Waals surface area (Å²) in [4.78, 5) is 11.2. The van der Waals surface area contributed by atoms with Crippen molar-refractivity contribution in [3.8, 4) is 11.5 Å². The Bertz CT molecular complexity index is 806. The van der Waals surface area contributed by atoms with Gasteiger partial charge in [0.1, 0.15) is 11.5 Å². The van der Waals surface area contributed by atoms with Gasteiger partial charge in [-0.15, -0.1) is 0 Å². The summed E-state index contributed by atoms with van der Waals surface area (Å²) in [5, 5.41) is 28.5. The smallest absolute Gasteiger partial charge is 0.303 e. The topological polar surface area (TPSA) is 77.8 Å². The standard InChI is InChI=1S/C22H24O4.C5H10.Fe/c23-18-9-5-16(6-10-18)22(17-7-11-19(24)12-8-17)20(13-14-21(25)26)15-3-1-2-4-15;1-2-4-5-3-1;/h5-12,15,23-24H,1-4,13-14H2,(H,25,26);1-5H2;. The van der Waals surface area contributed by atoms with Crippen LogP contribution in [0, 0.1) is 5.92 Å². The molecule has 0 aliphatic heterocycles. The third-order valence-corrected chi connectivity index (χ3v) is 6.34. The maximum atomic E-state index is 11.2. The molecule has 0 atom stereocenters. The molecule has 3 N–H and O–H groups in total. The van der Waals surface area contributed by atoms with E-state index in [0.717, 1.165) is 29.5 Å². The summed E-state index contributed by atoms with van der Waals surface area (Å²) in [5.41, 5.74) is 4.11. The van der Waals surface area contributed by atoms with Crippen molar-refractivity contribution in [1.82, 2.24) is 0 Å². The number of aromatic hydroxyl groups is 2. The molecule has 2 fully saturated rings. The summed E-state index contributed by atoms with van der Waals surface area (Å²) >= 11 is 0. The van der Waals surface area contributed by atoms with Crippen LogP contribution >= 0.6 is 0 Å². The normalized spacial score (nSPS) is 15.4. The van der Waals surface area contributed by atoms with Crippen molar-refractivity contribution in [2.75, 3.05) is 0 Å². The van der Waals surface area contributed by atoms with Crippen molar-refractivity contribution in [1.29, 1.82) is 0 Å². The van der Waals surface area contributed by atoms with E-state index < -0.39 is 5.97 Å². The fraction of sp³-hybridized carbons (Fsp3) is 0.444. The molecule has 0 heterocycles. The van der Waals surface area contributed by atoms with Gasteiger partial charge in [-0.25, -0.2) is 0 Å². The predicted molar refractivity (Wildman–Crippen MR) is 124 cm³/mol. The number of hydrogen-bond donors (Lipinski definition) is 3. The second-order valence-electron chi connectivity index (χ2n) is 8.64. The molecular formula is C27H34FeO4. The maximum Gasteiger partial charge on any atom is 0.303 e. The molecule has 2 aromatic carbocycles. The van der Waals surface area contributed by atoms with Crippen LogP contribution in [0.3, 0.4) is 0 Å². The van der Waals surface area contributed by atoms with Crippen molar-refractivity contribution in [3.63, 3.8) is 0 Å². The number of benzene rings is 2. The first-order chi connectivity index (χ1) is 15.0. The summed E-state index contributed by atoms with van der Waals surface area (Å²) < 4.78 is 0. The number of hydrogen-bond acceptors (Lipinski definition) is 3. The van der Waals surface area contributed by atoms with E-state index in [1.807, 2.05) is 24.3 Å². The van der Waals surface area contributed by atoms with Crippen LogP contribution in [0.25, 0.3) is 5.57 Å². The zero-order valence-corrected chi connectivity index (χ0v) is 19.7. The Kier molecular flexibility index (Phi) is 10.9. The van der Waals surface area contributed by atoms with Crippen molar-refractivity contribution in [3.05, 3.63) is 65.2 Å². The fourth-order valence-corrected chi connectivity index (χ4v) is 4.73. The van der Waals surface area contributed by atoms with Crippen LogP contribution in [0.4, 0.5) is 0 Å². The molecule has 0 unspecified atom stereocenters. The number of phenolic OH excluding ortho intramolecular Hbond substituents is 2. The van der Waals surface area contributed by atoms with E-state index >= 15 is 0 Å². The first kappa shape index (κ1) is 26.0. The van der Waals surface area contributed by atoms with E-state index in [2.05, 4.69) is 0 Å². The van der Waals surface area contributed by atoms with Crippen molar-refractivity contribution in [2.24, 2.45) is 5.92 Å². The third-order valence-electron chi connectivity index (χ3n) is 6.34. The van der Waals surface area contributed by atoms with Crippen LogP contribution in [-0.4, -0.2) is 21.3 Å². The minimum atomic E-state index is -0.795. The largest absolute Gasteiger partial charge is 0.508 e. The molecule has 174 valence electrons. The minimum Gasteiger partial charge on any atom is -0.508 e. The molecule has 4 nitrogen and oxygen atoms in total. The van der Waals surface area contributed by atoms with Gasteiger partial charge in [0.15, 0.2) is 0 Å². The average Bonchev–Trinajstić information content (AvgIpc) is 3.50. The van der Waals surface area contributed by atoms with Crippen LogP contribution in [-0.2, 0) is 21.9 Å². The predicted octanol–water partition coefficient (Wildman–Crippen LogP) is 6.90. The molecule has 0 spiro atoms. The van der Waals surface area contributed by atoms with Gasteiger partial charge < -0.3 is 15.3 Å². The molecule has 0 bridgehead atoms. The maximum absolute atomic E-state index is 11.2. The van der Waals surface area contributed by atoms with E-state index in [-0.39, 0.29) is 35.0 Å². The molecule has 0 saturated heterocycles. The third kappa shape index (κ3) is 7.72. The van der Waals surface area contributed by atoms with Gasteiger partial charge in [-0.3, -0.25) is 4.79 Å². The number of rotatable bonds is 6. The summed E-state index contributed by atoms with van der Waals surface area (Å²) in [7, 11) is 0. The SMILES string of the molecule is C1CCCC1.O=C(O)CCC(=C(c1ccc(O)cc1)c1ccc(O)cc1)C1CCCC1.[Fe]. The number of carbonyl (C=O) groups is 1. The van der Waals surface area contributed by atoms with Gasteiger partial charge in [0, 0.05) is 23.5 Å². The number of carboxylic acids is 1. The minimum absolute atomic E-state index is 0. The van der Waals surface area contributed by atoms with Crippen LogP contribution in [0.15, 0.2) is 54.1 Å². The van der Waals surface area contributed by atoms with Crippen molar-refractivity contribution >= 4 is 11.5 Å². The van der Waals surface area contributed by atoms with Gasteiger partial charge in [-0.2, -0.15) is 0 Å². The molecule has 2 aliphatic carbocycles. The van der Waals surface area contributed by atoms with Crippen LogP contribution in [0.5, 0.6) is 11.5 Å². The summed E-state index contributed by atoms with van der Waals surface area (Å²) in [6.45, 7) is 0. The molecule has 5 heteroatoms. The zero-order valence-electron chi connectivity index (χ0n) is 18.6. The molecule has 0 radical (unpaired) electrons. The van der Waals surface area contributed by atoms with E-state index in [0.29, 0.717) is 12.3 Å². The van der Waals surface area contributed by atoms with Crippen LogP contribution < -0.4 is 0 Å². The Morgan fingerprint density at radius 2 is 1.09 bits per heavy atom. The van der Waals surface area contributed by atoms with Gasteiger partial charge in [-0.1, -0.05) is 74.8 Å². The first-order valence-corrected chi connectivity index (χ1v) is 11.6. The number of carboxylic acid groups (broad SMARTS) is 1. The Morgan fingerprint density at radius 3 is 1.47 bits per heavy atom. The number of aliphatic carboxylic acids is 1. The Labute approximate surface area is 201 Å². The average molecular weight is 478 g/mol. The van der Waals surface area contributed by atoms with Gasteiger partial charge >= 0.3 is 5.97 Å². The Morgan fingerprint density at radius 1 is 0.688 bits per heavy atom. The monoisotopic (exact) mass is 478 g/mol. The van der Waals surface area contributed by atoms with E-state index in [1.165, 1.54) is 50.5 Å². The van der Waals surface area contributed by atoms with Gasteiger partial charge in [-0.05, 0) is 66.1 Å². The van der Waals surface area contributed by atoms with Crippen LogP contribution in [0.2, 0.25) is 0 Å². The first-order valence-electron chi connectivity index (χ1n) is 11.6. The number of allylic oxidation sites excluding steroid dienone is 1. The van der Waals surface area contributed by atoms with Gasteiger partial charge in [0.25, 0.3) is 0 Å². The summed E-state index contributed by atoms with van der Waals surface area (Å²) in [6, 6.07) is 14.1. The Hall–Kier alpha value is -2.23. The summed E-state index contributed by atoms with van der Waals surface area (Å²) in [6.07, 6.45) is 12.6. The molecule has 2 aromatic rings. The molecular weight excluding hydrogens is 444 g/mol. The molecule has 32 heavy (non-hydrogen) atoms. The van der Waals surface area contributed by atoms with Crippen molar-refractivity contribution < 1.29 is 37.2 Å². The van der Waals surface area contributed by atoms with E-state index in [4.69, 9.17) is 0 Å². The molecule has 0 amide bonds. The Balaban J connectivity index is 0.000000534. The molecule has 2 aliphatic rings. The zero-order chi connectivity index (χ0) is 22.1. The summed E-state index contributed by atoms with van der Waals surface area (Å²) in [5.74, 6) is -0.0123. The van der Waals surface area contributed by atoms with E-state index in [9.17, 15) is 20.1 Å². The second kappa shape index (κ2) is 13.3. The molecule has 4 rings (SSSR count). The molecule has 0 aromatic heterocycles. The fourth-order valence-electron chi connectivity index (χ4n) is 4.73. The molecule has 2 saturated carbocycles. The van der Waals surface area contributed by atoms with Crippen molar-refractivity contribution in [2.45, 2.75) is 70.6 Å². The van der Waals surface area contributed by atoms with Gasteiger partial charge in [0.2, 0.25) is 0 Å². The van der Waals surface area contributed by atoms with Crippen LogP contribution in [0.1, 0.15) is 81.8 Å². The van der Waals surface area contributed by atoms with E-state index in [1.54, 1.807) is 24.3 Å². The van der Waals surface area contributed by atoms with Gasteiger partial charge in [0.05, 0.1) is 0 Å².